The Balaban J connectivity index is 2.37. The summed E-state index contributed by atoms with van der Waals surface area (Å²) in [5.74, 6) is 2.33. The van der Waals surface area contributed by atoms with Gasteiger partial charge in [0.05, 0.1) is 12.2 Å². The molecule has 2 aromatic rings. The minimum atomic E-state index is 0.561. The van der Waals surface area contributed by atoms with Crippen LogP contribution < -0.4 is 4.90 Å². The normalized spacial score (nSPS) is 10.4. The summed E-state index contributed by atoms with van der Waals surface area (Å²) in [6, 6.07) is 6.15. The van der Waals surface area contributed by atoms with Crippen LogP contribution in [0.2, 0.25) is 0 Å². The zero-order valence-electron chi connectivity index (χ0n) is 13.0. The molecule has 2 heterocycles. The average molecular weight is 284 g/mol. The molecule has 110 valence electrons. The van der Waals surface area contributed by atoms with E-state index in [2.05, 4.69) is 16.3 Å². The third kappa shape index (κ3) is 3.05. The van der Waals surface area contributed by atoms with E-state index in [0.717, 1.165) is 35.6 Å². The van der Waals surface area contributed by atoms with E-state index in [9.17, 15) is 5.26 Å². The molecule has 0 saturated carbocycles. The van der Waals surface area contributed by atoms with Crippen LogP contribution in [0.25, 0.3) is 0 Å². The first kappa shape index (κ1) is 15.0. The van der Waals surface area contributed by atoms with E-state index in [1.54, 1.807) is 0 Å². The van der Waals surface area contributed by atoms with Crippen molar-refractivity contribution in [1.82, 2.24) is 10.2 Å². The summed E-state index contributed by atoms with van der Waals surface area (Å²) in [5, 5.41) is 18.0. The van der Waals surface area contributed by atoms with Crippen LogP contribution in [0.4, 0.5) is 5.82 Å². The van der Waals surface area contributed by atoms with Crippen LogP contribution in [0.5, 0.6) is 0 Å². The minimum absolute atomic E-state index is 0.561. The molecule has 0 amide bonds. The van der Waals surface area contributed by atoms with Crippen LogP contribution in [0.15, 0.2) is 16.5 Å². The fourth-order valence-electron chi connectivity index (χ4n) is 2.43. The van der Waals surface area contributed by atoms with Gasteiger partial charge in [0, 0.05) is 7.05 Å². The van der Waals surface area contributed by atoms with Crippen molar-refractivity contribution in [1.29, 1.82) is 5.26 Å². The van der Waals surface area contributed by atoms with Gasteiger partial charge in [-0.05, 0) is 37.5 Å². The maximum atomic E-state index is 9.50. The quantitative estimate of drug-likeness (QED) is 0.844. The molecule has 0 N–H and O–H groups in total. The number of hydrogen-bond donors (Lipinski definition) is 0. The Kier molecular flexibility index (Phi) is 4.59. The third-order valence-electron chi connectivity index (χ3n) is 3.49. The van der Waals surface area contributed by atoms with Crippen molar-refractivity contribution in [3.63, 3.8) is 0 Å². The third-order valence-corrected chi connectivity index (χ3v) is 3.49. The molecule has 0 saturated heterocycles. The summed E-state index contributed by atoms with van der Waals surface area (Å²) in [4.78, 5) is 1.91. The van der Waals surface area contributed by atoms with Crippen molar-refractivity contribution >= 4 is 5.82 Å². The molecular formula is C16H20N4O. The highest BCUT2D eigenvalue weighted by Crippen LogP contribution is 2.23. The van der Waals surface area contributed by atoms with E-state index in [1.807, 2.05) is 44.9 Å². The molecule has 0 radical (unpaired) electrons. The Bertz CT molecular complexity index is 669. The lowest BCUT2D eigenvalue weighted by Crippen LogP contribution is -2.21. The molecule has 2 aromatic heterocycles. The van der Waals surface area contributed by atoms with Gasteiger partial charge in [0.1, 0.15) is 23.2 Å². The number of aryl methyl sites for hydroxylation is 2. The van der Waals surface area contributed by atoms with Gasteiger partial charge in [0.15, 0.2) is 5.82 Å². The van der Waals surface area contributed by atoms with E-state index < -0.39 is 0 Å². The number of anilines is 1. The fourth-order valence-corrected chi connectivity index (χ4v) is 2.43. The first-order valence-electron chi connectivity index (χ1n) is 7.15. The van der Waals surface area contributed by atoms with E-state index in [1.165, 1.54) is 0 Å². The van der Waals surface area contributed by atoms with Crippen LogP contribution >= 0.6 is 0 Å². The zero-order valence-corrected chi connectivity index (χ0v) is 13.0. The monoisotopic (exact) mass is 284 g/mol. The number of nitriles is 1. The van der Waals surface area contributed by atoms with Gasteiger partial charge >= 0.3 is 0 Å². The minimum Gasteiger partial charge on any atom is -0.464 e. The number of aromatic nitrogens is 2. The number of furan rings is 1. The Morgan fingerprint density at radius 3 is 2.52 bits per heavy atom. The molecule has 0 spiro atoms. The Morgan fingerprint density at radius 2 is 2.00 bits per heavy atom. The second-order valence-corrected chi connectivity index (χ2v) is 5.01. The molecule has 0 aliphatic heterocycles. The van der Waals surface area contributed by atoms with Crippen molar-refractivity contribution in [3.05, 3.63) is 40.5 Å². The van der Waals surface area contributed by atoms with Gasteiger partial charge in [-0.3, -0.25) is 0 Å². The largest absolute Gasteiger partial charge is 0.464 e. The first-order chi connectivity index (χ1) is 10.1. The van der Waals surface area contributed by atoms with Crippen LogP contribution in [0.1, 0.15) is 42.2 Å². The molecule has 0 aliphatic rings. The van der Waals surface area contributed by atoms with E-state index in [-0.39, 0.29) is 0 Å². The van der Waals surface area contributed by atoms with E-state index in [0.29, 0.717) is 17.9 Å². The maximum absolute atomic E-state index is 9.50. The molecular weight excluding hydrogens is 264 g/mol. The van der Waals surface area contributed by atoms with Crippen molar-refractivity contribution in [2.45, 2.75) is 40.2 Å². The Morgan fingerprint density at radius 1 is 1.24 bits per heavy atom. The molecule has 0 fully saturated rings. The lowest BCUT2D eigenvalue weighted by molar-refractivity contribution is 0.481. The molecule has 0 aromatic carbocycles. The Hall–Kier alpha value is -2.35. The summed E-state index contributed by atoms with van der Waals surface area (Å²) >= 11 is 0. The molecule has 0 unspecified atom stereocenters. The van der Waals surface area contributed by atoms with Gasteiger partial charge in [0.2, 0.25) is 0 Å². The van der Waals surface area contributed by atoms with Crippen LogP contribution in [-0.2, 0) is 19.4 Å². The van der Waals surface area contributed by atoms with Gasteiger partial charge in [-0.1, -0.05) is 13.8 Å². The predicted octanol–water partition coefficient (Wildman–Crippen LogP) is 3.01. The van der Waals surface area contributed by atoms with Crippen LogP contribution in [-0.4, -0.2) is 17.2 Å². The number of nitrogens with zero attached hydrogens (tertiary/aromatic N) is 4. The topological polar surface area (TPSA) is 66.0 Å². The van der Waals surface area contributed by atoms with Gasteiger partial charge < -0.3 is 9.32 Å². The van der Waals surface area contributed by atoms with Crippen molar-refractivity contribution in [2.24, 2.45) is 0 Å². The smallest absolute Gasteiger partial charge is 0.169 e. The summed E-state index contributed by atoms with van der Waals surface area (Å²) in [6.45, 7) is 6.54. The standard InChI is InChI=1S/C16H20N4O/c1-5-13-14(9-17)16(19-18-15(13)6-2)20(4)10-12-8-7-11(3)21-12/h7-8H,5-6,10H2,1-4H3. The maximum Gasteiger partial charge on any atom is 0.169 e. The zero-order chi connectivity index (χ0) is 15.4. The van der Waals surface area contributed by atoms with Crippen LogP contribution in [0.3, 0.4) is 0 Å². The highest BCUT2D eigenvalue weighted by atomic mass is 16.3. The van der Waals surface area contributed by atoms with Crippen molar-refractivity contribution in [2.75, 3.05) is 11.9 Å². The van der Waals surface area contributed by atoms with Crippen molar-refractivity contribution < 1.29 is 4.42 Å². The Labute approximate surface area is 125 Å². The summed E-state index contributed by atoms with van der Waals surface area (Å²) in [5.41, 5.74) is 2.52. The van der Waals surface area contributed by atoms with Gasteiger partial charge in [-0.15, -0.1) is 5.10 Å². The second-order valence-electron chi connectivity index (χ2n) is 5.01. The van der Waals surface area contributed by atoms with Gasteiger partial charge in [-0.25, -0.2) is 0 Å². The average Bonchev–Trinajstić information content (AvgIpc) is 2.90. The lowest BCUT2D eigenvalue weighted by atomic mass is 10.0. The SMILES string of the molecule is CCc1nnc(N(C)Cc2ccc(C)o2)c(C#N)c1CC. The number of hydrogen-bond acceptors (Lipinski definition) is 5. The van der Waals surface area contributed by atoms with Crippen molar-refractivity contribution in [3.8, 4) is 6.07 Å². The van der Waals surface area contributed by atoms with E-state index in [4.69, 9.17) is 4.42 Å². The number of rotatable bonds is 5. The summed E-state index contributed by atoms with van der Waals surface area (Å²) < 4.78 is 5.58. The second kappa shape index (κ2) is 6.40. The van der Waals surface area contributed by atoms with Gasteiger partial charge in [0.25, 0.3) is 0 Å². The molecule has 0 atom stereocenters. The lowest BCUT2D eigenvalue weighted by Gasteiger charge is -2.19. The first-order valence-corrected chi connectivity index (χ1v) is 7.15. The predicted molar refractivity (Wildman–Crippen MR) is 81.1 cm³/mol. The summed E-state index contributed by atoms with van der Waals surface area (Å²) in [6.07, 6.45) is 1.56. The fraction of sp³-hybridized carbons (Fsp3) is 0.438. The molecule has 21 heavy (non-hydrogen) atoms. The molecule has 0 aliphatic carbocycles. The molecule has 5 heteroatoms. The molecule has 2 rings (SSSR count). The van der Waals surface area contributed by atoms with Crippen LogP contribution in [0, 0.1) is 18.3 Å². The molecule has 0 bridgehead atoms. The van der Waals surface area contributed by atoms with E-state index >= 15 is 0 Å². The molecule has 5 nitrogen and oxygen atoms in total. The highest BCUT2D eigenvalue weighted by Gasteiger charge is 2.18. The van der Waals surface area contributed by atoms with Gasteiger partial charge in [-0.2, -0.15) is 10.4 Å². The highest BCUT2D eigenvalue weighted by molar-refractivity contribution is 5.57. The summed E-state index contributed by atoms with van der Waals surface area (Å²) in [7, 11) is 1.90.